The van der Waals surface area contributed by atoms with Crippen LogP contribution in [-0.2, 0) is 0 Å². The van der Waals surface area contributed by atoms with Gasteiger partial charge in [-0.15, -0.1) is 0 Å². The lowest BCUT2D eigenvalue weighted by molar-refractivity contribution is 0.0768. The van der Waals surface area contributed by atoms with Crippen molar-refractivity contribution in [1.29, 1.82) is 0 Å². The summed E-state index contributed by atoms with van der Waals surface area (Å²) >= 11 is 0. The van der Waals surface area contributed by atoms with Gasteiger partial charge in [0, 0.05) is 24.2 Å². The van der Waals surface area contributed by atoms with Crippen molar-refractivity contribution >= 4 is 11.7 Å². The molecule has 0 fully saturated rings. The van der Waals surface area contributed by atoms with Gasteiger partial charge in [-0.1, -0.05) is 36.4 Å². The molecule has 3 aromatic rings. The highest BCUT2D eigenvalue weighted by Crippen LogP contribution is 2.26. The van der Waals surface area contributed by atoms with E-state index in [4.69, 9.17) is 4.74 Å². The van der Waals surface area contributed by atoms with Crippen LogP contribution in [0.4, 0.5) is 0 Å². The molecular weight excluding hydrogens is 362 g/mol. The van der Waals surface area contributed by atoms with E-state index in [2.05, 4.69) is 0 Å². The van der Waals surface area contributed by atoms with Crippen LogP contribution in [-0.4, -0.2) is 36.8 Å². The lowest BCUT2D eigenvalue weighted by Gasteiger charge is -2.20. The molecule has 0 aromatic heterocycles. The number of carbonyl (C=O) groups is 2. The normalized spacial score (nSPS) is 10.4. The second-order valence-corrected chi connectivity index (χ2v) is 6.66. The van der Waals surface area contributed by atoms with Crippen LogP contribution < -0.4 is 4.74 Å². The first kappa shape index (κ1) is 20.3. The Hall–Kier alpha value is -3.40. The molecule has 0 aliphatic carbocycles. The minimum Gasteiger partial charge on any atom is -0.497 e. The van der Waals surface area contributed by atoms with Gasteiger partial charge in [-0.3, -0.25) is 9.59 Å². The van der Waals surface area contributed by atoms with Crippen molar-refractivity contribution in [2.24, 2.45) is 0 Å². The molecule has 0 radical (unpaired) electrons. The fourth-order valence-electron chi connectivity index (χ4n) is 3.31. The zero-order valence-corrected chi connectivity index (χ0v) is 17.0. The highest BCUT2D eigenvalue weighted by Gasteiger charge is 2.22. The maximum Gasteiger partial charge on any atom is 0.254 e. The molecule has 3 rings (SSSR count). The molecule has 29 heavy (non-hydrogen) atoms. The Bertz CT molecular complexity index is 990. The van der Waals surface area contributed by atoms with Crippen LogP contribution >= 0.6 is 0 Å². The number of hydrogen-bond donors (Lipinski definition) is 0. The summed E-state index contributed by atoms with van der Waals surface area (Å²) in [6.45, 7) is 5.05. The van der Waals surface area contributed by atoms with Crippen LogP contribution in [0.2, 0.25) is 0 Å². The quantitative estimate of drug-likeness (QED) is 0.532. The van der Waals surface area contributed by atoms with Crippen molar-refractivity contribution in [3.63, 3.8) is 0 Å². The molecule has 0 bridgehead atoms. The number of carbonyl (C=O) groups excluding carboxylic acids is 2. The minimum atomic E-state index is -0.180. The van der Waals surface area contributed by atoms with E-state index in [9.17, 15) is 9.59 Å². The second-order valence-electron chi connectivity index (χ2n) is 6.66. The van der Waals surface area contributed by atoms with Gasteiger partial charge in [-0.2, -0.15) is 0 Å². The van der Waals surface area contributed by atoms with Gasteiger partial charge in [-0.25, -0.2) is 0 Å². The summed E-state index contributed by atoms with van der Waals surface area (Å²) in [7, 11) is 1.58. The summed E-state index contributed by atoms with van der Waals surface area (Å²) in [5, 5.41) is 0. The number of ether oxygens (including phenoxy) is 1. The number of hydrogen-bond acceptors (Lipinski definition) is 3. The van der Waals surface area contributed by atoms with Crippen molar-refractivity contribution in [2.45, 2.75) is 13.8 Å². The van der Waals surface area contributed by atoms with Crippen LogP contribution in [0.3, 0.4) is 0 Å². The summed E-state index contributed by atoms with van der Waals surface area (Å²) in [5.41, 5.74) is 3.25. The first-order valence-corrected chi connectivity index (χ1v) is 9.76. The van der Waals surface area contributed by atoms with Gasteiger partial charge in [0.2, 0.25) is 0 Å². The monoisotopic (exact) mass is 387 g/mol. The van der Waals surface area contributed by atoms with Crippen LogP contribution in [0.15, 0.2) is 72.8 Å². The number of nitrogens with zero attached hydrogens (tertiary/aromatic N) is 1. The first-order chi connectivity index (χ1) is 14.1. The van der Waals surface area contributed by atoms with Crippen molar-refractivity contribution in [3.05, 3.63) is 89.5 Å². The lowest BCUT2D eigenvalue weighted by Crippen LogP contribution is -2.31. The maximum absolute atomic E-state index is 13.3. The summed E-state index contributed by atoms with van der Waals surface area (Å²) in [5.74, 6) is 0.367. The van der Waals surface area contributed by atoms with Crippen LogP contribution in [0.1, 0.15) is 40.1 Å². The van der Waals surface area contributed by atoms with Gasteiger partial charge in [0.15, 0.2) is 5.78 Å². The Kier molecular flexibility index (Phi) is 6.45. The predicted octanol–water partition coefficient (Wildman–Crippen LogP) is 5.08. The fraction of sp³-hybridized carbons (Fsp3) is 0.200. The van der Waals surface area contributed by atoms with Gasteiger partial charge in [0.1, 0.15) is 5.75 Å². The highest BCUT2D eigenvalue weighted by atomic mass is 16.5. The third-order valence-corrected chi connectivity index (χ3v) is 5.00. The maximum atomic E-state index is 13.3. The average molecular weight is 387 g/mol. The Morgan fingerprint density at radius 3 is 2.03 bits per heavy atom. The third kappa shape index (κ3) is 4.37. The van der Waals surface area contributed by atoms with E-state index < -0.39 is 0 Å². The molecule has 4 heteroatoms. The SMILES string of the molecule is CCN(CC)C(=O)c1ccc(-c2ccccc2)cc1C(=O)c1ccc(OC)cc1. The van der Waals surface area contributed by atoms with E-state index in [1.807, 2.05) is 56.3 Å². The second kappa shape index (κ2) is 9.20. The summed E-state index contributed by atoms with van der Waals surface area (Å²) in [4.78, 5) is 28.1. The Balaban J connectivity index is 2.11. The summed E-state index contributed by atoms with van der Waals surface area (Å²) in [6, 6.07) is 22.3. The molecule has 0 aliphatic heterocycles. The zero-order valence-electron chi connectivity index (χ0n) is 17.0. The van der Waals surface area contributed by atoms with Crippen LogP contribution in [0.25, 0.3) is 11.1 Å². The molecule has 148 valence electrons. The van der Waals surface area contributed by atoms with E-state index >= 15 is 0 Å². The van der Waals surface area contributed by atoms with Crippen molar-refractivity contribution in [2.75, 3.05) is 20.2 Å². The number of amides is 1. The summed E-state index contributed by atoms with van der Waals surface area (Å²) in [6.07, 6.45) is 0. The molecule has 0 N–H and O–H groups in total. The van der Waals surface area contributed by atoms with E-state index in [1.165, 1.54) is 0 Å². The fourth-order valence-corrected chi connectivity index (χ4v) is 3.31. The largest absolute Gasteiger partial charge is 0.497 e. The molecule has 0 aliphatic rings. The summed E-state index contributed by atoms with van der Waals surface area (Å²) < 4.78 is 5.18. The number of ketones is 1. The van der Waals surface area contributed by atoms with Gasteiger partial charge in [-0.05, 0) is 61.4 Å². The molecule has 0 saturated heterocycles. The number of rotatable bonds is 7. The van der Waals surface area contributed by atoms with E-state index in [-0.39, 0.29) is 11.7 Å². The van der Waals surface area contributed by atoms with E-state index in [0.717, 1.165) is 11.1 Å². The number of benzene rings is 3. The van der Waals surface area contributed by atoms with Crippen molar-refractivity contribution in [3.8, 4) is 16.9 Å². The van der Waals surface area contributed by atoms with Gasteiger partial charge < -0.3 is 9.64 Å². The topological polar surface area (TPSA) is 46.6 Å². The molecule has 3 aromatic carbocycles. The molecule has 1 amide bonds. The molecule has 4 nitrogen and oxygen atoms in total. The minimum absolute atomic E-state index is 0.133. The predicted molar refractivity (Wildman–Crippen MR) is 116 cm³/mol. The van der Waals surface area contributed by atoms with Gasteiger partial charge in [0.25, 0.3) is 5.91 Å². The van der Waals surface area contributed by atoms with Gasteiger partial charge >= 0.3 is 0 Å². The molecule has 0 heterocycles. The Morgan fingerprint density at radius 1 is 0.793 bits per heavy atom. The zero-order chi connectivity index (χ0) is 20.8. The van der Waals surface area contributed by atoms with E-state index in [1.54, 1.807) is 42.3 Å². The Morgan fingerprint density at radius 2 is 1.45 bits per heavy atom. The smallest absolute Gasteiger partial charge is 0.254 e. The third-order valence-electron chi connectivity index (χ3n) is 5.00. The van der Waals surface area contributed by atoms with E-state index in [0.29, 0.717) is 35.5 Å². The average Bonchev–Trinajstić information content (AvgIpc) is 2.79. The molecule has 0 saturated carbocycles. The highest BCUT2D eigenvalue weighted by molar-refractivity contribution is 6.16. The van der Waals surface area contributed by atoms with Gasteiger partial charge in [0.05, 0.1) is 12.7 Å². The Labute approximate surface area is 171 Å². The number of methoxy groups -OCH3 is 1. The molecule has 0 spiro atoms. The molecule has 0 unspecified atom stereocenters. The molecular formula is C25H25NO3. The standard InChI is InChI=1S/C25H25NO3/c1-4-26(5-2)25(28)22-16-13-20(18-9-7-6-8-10-18)17-23(22)24(27)19-11-14-21(29-3)15-12-19/h6-17H,4-5H2,1-3H3. The van der Waals surface area contributed by atoms with Crippen LogP contribution in [0, 0.1) is 0 Å². The van der Waals surface area contributed by atoms with Crippen molar-refractivity contribution < 1.29 is 14.3 Å². The molecule has 0 atom stereocenters. The van der Waals surface area contributed by atoms with Crippen LogP contribution in [0.5, 0.6) is 5.75 Å². The first-order valence-electron chi connectivity index (χ1n) is 9.76. The van der Waals surface area contributed by atoms with Crippen molar-refractivity contribution in [1.82, 2.24) is 4.90 Å². The lowest BCUT2D eigenvalue weighted by atomic mass is 9.93.